The fourth-order valence-electron chi connectivity index (χ4n) is 2.29. The van der Waals surface area contributed by atoms with E-state index in [1.165, 1.54) is 36.8 Å². The van der Waals surface area contributed by atoms with Crippen LogP contribution in [0, 0.1) is 18.8 Å². The van der Waals surface area contributed by atoms with Crippen LogP contribution in [-0.4, -0.2) is 5.33 Å². The molecule has 1 saturated carbocycles. The molecule has 0 aliphatic heterocycles. The maximum absolute atomic E-state index is 3.66. The molecule has 1 aromatic carbocycles. The van der Waals surface area contributed by atoms with Crippen LogP contribution in [0.2, 0.25) is 0 Å². The van der Waals surface area contributed by atoms with E-state index in [2.05, 4.69) is 47.1 Å². The van der Waals surface area contributed by atoms with Crippen LogP contribution in [0.1, 0.15) is 30.4 Å². The summed E-state index contributed by atoms with van der Waals surface area (Å²) in [6.45, 7) is 2.15. The zero-order valence-corrected chi connectivity index (χ0v) is 11.0. The SMILES string of the molecule is Cc1ccc(CC(CBr)C2CCC2)cc1. The third-order valence-corrected chi connectivity index (χ3v) is 4.46. The smallest absolute Gasteiger partial charge is 0.00654 e. The molecule has 0 radical (unpaired) electrons. The van der Waals surface area contributed by atoms with E-state index in [0.29, 0.717) is 0 Å². The van der Waals surface area contributed by atoms with Crippen molar-refractivity contribution in [3.63, 3.8) is 0 Å². The Balaban J connectivity index is 1.96. The van der Waals surface area contributed by atoms with Gasteiger partial charge in [-0.1, -0.05) is 65.0 Å². The second-order valence-corrected chi connectivity index (χ2v) is 5.44. The molecule has 1 fully saturated rings. The average molecular weight is 267 g/mol. The molecule has 0 spiro atoms. The molecule has 0 amide bonds. The van der Waals surface area contributed by atoms with Crippen molar-refractivity contribution < 1.29 is 0 Å². The van der Waals surface area contributed by atoms with Gasteiger partial charge in [-0.15, -0.1) is 0 Å². The molecule has 0 aromatic heterocycles. The molecule has 1 aromatic rings. The lowest BCUT2D eigenvalue weighted by atomic mass is 9.74. The van der Waals surface area contributed by atoms with E-state index in [4.69, 9.17) is 0 Å². The number of hydrogen-bond acceptors (Lipinski definition) is 0. The summed E-state index contributed by atoms with van der Waals surface area (Å²) in [6.07, 6.45) is 5.59. The summed E-state index contributed by atoms with van der Waals surface area (Å²) in [7, 11) is 0. The van der Waals surface area contributed by atoms with Gasteiger partial charge in [-0.25, -0.2) is 0 Å². The highest BCUT2D eigenvalue weighted by atomic mass is 79.9. The van der Waals surface area contributed by atoms with E-state index >= 15 is 0 Å². The van der Waals surface area contributed by atoms with Gasteiger partial charge in [0, 0.05) is 5.33 Å². The third kappa shape index (κ3) is 2.84. The van der Waals surface area contributed by atoms with Gasteiger partial charge in [0.25, 0.3) is 0 Å². The van der Waals surface area contributed by atoms with E-state index < -0.39 is 0 Å². The first-order valence-electron chi connectivity index (χ1n) is 5.91. The molecule has 0 nitrogen and oxygen atoms in total. The predicted molar refractivity (Wildman–Crippen MR) is 69.5 cm³/mol. The molecule has 0 N–H and O–H groups in total. The van der Waals surface area contributed by atoms with E-state index in [1.54, 1.807) is 0 Å². The Labute approximate surface area is 101 Å². The number of aryl methyl sites for hydroxylation is 1. The van der Waals surface area contributed by atoms with E-state index in [1.807, 2.05) is 0 Å². The summed E-state index contributed by atoms with van der Waals surface area (Å²) >= 11 is 3.66. The van der Waals surface area contributed by atoms with Crippen molar-refractivity contribution in [2.24, 2.45) is 11.8 Å². The fraction of sp³-hybridized carbons (Fsp3) is 0.571. The average Bonchev–Trinajstić information content (AvgIpc) is 2.17. The minimum atomic E-state index is 0.849. The molecule has 82 valence electrons. The molecule has 1 aliphatic carbocycles. The van der Waals surface area contributed by atoms with Crippen LogP contribution in [-0.2, 0) is 6.42 Å². The third-order valence-electron chi connectivity index (χ3n) is 3.63. The zero-order valence-electron chi connectivity index (χ0n) is 9.38. The Morgan fingerprint density at radius 2 is 1.93 bits per heavy atom. The van der Waals surface area contributed by atoms with Gasteiger partial charge < -0.3 is 0 Å². The van der Waals surface area contributed by atoms with Gasteiger partial charge in [-0.05, 0) is 30.7 Å². The van der Waals surface area contributed by atoms with Crippen LogP contribution in [0.25, 0.3) is 0 Å². The van der Waals surface area contributed by atoms with Gasteiger partial charge in [0.15, 0.2) is 0 Å². The summed E-state index contributed by atoms with van der Waals surface area (Å²) in [5, 5.41) is 1.16. The van der Waals surface area contributed by atoms with Gasteiger partial charge in [-0.3, -0.25) is 0 Å². The maximum atomic E-state index is 3.66. The lowest BCUT2D eigenvalue weighted by molar-refractivity contribution is 0.224. The lowest BCUT2D eigenvalue weighted by Crippen LogP contribution is -2.24. The molecule has 0 bridgehead atoms. The monoisotopic (exact) mass is 266 g/mol. The highest BCUT2D eigenvalue weighted by molar-refractivity contribution is 9.09. The Morgan fingerprint density at radius 1 is 1.27 bits per heavy atom. The predicted octanol–water partition coefficient (Wildman–Crippen LogP) is 4.35. The maximum Gasteiger partial charge on any atom is 0.00654 e. The van der Waals surface area contributed by atoms with Crippen LogP contribution in [0.5, 0.6) is 0 Å². The lowest BCUT2D eigenvalue weighted by Gasteiger charge is -2.32. The van der Waals surface area contributed by atoms with E-state index in [0.717, 1.165) is 17.2 Å². The van der Waals surface area contributed by atoms with Crippen LogP contribution < -0.4 is 0 Å². The fourth-order valence-corrected chi connectivity index (χ4v) is 3.04. The van der Waals surface area contributed by atoms with Crippen LogP contribution in [0.15, 0.2) is 24.3 Å². The van der Waals surface area contributed by atoms with Crippen LogP contribution in [0.3, 0.4) is 0 Å². The first kappa shape index (κ1) is 11.2. The summed E-state index contributed by atoms with van der Waals surface area (Å²) in [5.41, 5.74) is 2.86. The van der Waals surface area contributed by atoms with Gasteiger partial charge in [0.1, 0.15) is 0 Å². The molecular formula is C14H19Br. The number of alkyl halides is 1. The van der Waals surface area contributed by atoms with Gasteiger partial charge in [-0.2, -0.15) is 0 Å². The summed E-state index contributed by atoms with van der Waals surface area (Å²) in [4.78, 5) is 0. The normalized spacial score (nSPS) is 18.5. The largest absolute Gasteiger partial charge is 0.0925 e. The number of rotatable bonds is 4. The molecule has 0 heterocycles. The molecule has 15 heavy (non-hydrogen) atoms. The van der Waals surface area contributed by atoms with Crippen molar-refractivity contribution in [1.29, 1.82) is 0 Å². The Morgan fingerprint density at radius 3 is 2.40 bits per heavy atom. The van der Waals surface area contributed by atoms with Crippen molar-refractivity contribution in [3.8, 4) is 0 Å². The van der Waals surface area contributed by atoms with E-state index in [9.17, 15) is 0 Å². The summed E-state index contributed by atoms with van der Waals surface area (Å²) in [6, 6.07) is 9.01. The molecule has 1 unspecified atom stereocenters. The zero-order chi connectivity index (χ0) is 10.7. The topological polar surface area (TPSA) is 0 Å². The second kappa shape index (κ2) is 5.16. The summed E-state index contributed by atoms with van der Waals surface area (Å²) < 4.78 is 0. The van der Waals surface area contributed by atoms with Crippen molar-refractivity contribution in [2.45, 2.75) is 32.6 Å². The second-order valence-electron chi connectivity index (χ2n) is 4.80. The molecule has 0 saturated heterocycles. The van der Waals surface area contributed by atoms with Crippen molar-refractivity contribution in [1.82, 2.24) is 0 Å². The molecule has 1 heteroatoms. The first-order chi connectivity index (χ1) is 7.29. The molecule has 1 atom stereocenters. The van der Waals surface area contributed by atoms with Gasteiger partial charge in [0.2, 0.25) is 0 Å². The summed E-state index contributed by atoms with van der Waals surface area (Å²) in [5.74, 6) is 1.83. The quantitative estimate of drug-likeness (QED) is 0.711. The van der Waals surface area contributed by atoms with Crippen LogP contribution >= 0.6 is 15.9 Å². The van der Waals surface area contributed by atoms with Crippen molar-refractivity contribution >= 4 is 15.9 Å². The number of hydrogen-bond donors (Lipinski definition) is 0. The Bertz CT molecular complexity index is 298. The highest BCUT2D eigenvalue weighted by Crippen LogP contribution is 2.36. The van der Waals surface area contributed by atoms with Crippen LogP contribution in [0.4, 0.5) is 0 Å². The van der Waals surface area contributed by atoms with Crippen molar-refractivity contribution in [2.75, 3.05) is 5.33 Å². The first-order valence-corrected chi connectivity index (χ1v) is 7.03. The molecule has 2 rings (SSSR count). The molecular weight excluding hydrogens is 248 g/mol. The van der Waals surface area contributed by atoms with Crippen molar-refractivity contribution in [3.05, 3.63) is 35.4 Å². The minimum Gasteiger partial charge on any atom is -0.0925 e. The highest BCUT2D eigenvalue weighted by Gasteiger charge is 2.26. The Hall–Kier alpha value is -0.300. The number of benzene rings is 1. The minimum absolute atomic E-state index is 0.849. The van der Waals surface area contributed by atoms with E-state index in [-0.39, 0.29) is 0 Å². The number of halogens is 1. The van der Waals surface area contributed by atoms with Gasteiger partial charge >= 0.3 is 0 Å². The Kier molecular flexibility index (Phi) is 3.85. The molecule has 1 aliphatic rings. The van der Waals surface area contributed by atoms with Gasteiger partial charge in [0.05, 0.1) is 0 Å². The standard InChI is InChI=1S/C14H19Br/c1-11-5-7-12(8-6-11)9-14(10-15)13-3-2-4-13/h5-8,13-14H,2-4,9-10H2,1H3.